The molecule has 25 heavy (non-hydrogen) atoms. The number of hydrogen-bond donors (Lipinski definition) is 1. The van der Waals surface area contributed by atoms with Gasteiger partial charge in [-0.3, -0.25) is 4.90 Å². The molecule has 0 amide bonds. The predicted molar refractivity (Wildman–Crippen MR) is 99.4 cm³/mol. The molecule has 5 rings (SSSR count). The fourth-order valence-corrected chi connectivity index (χ4v) is 5.47. The molecule has 3 atom stereocenters. The van der Waals surface area contributed by atoms with Gasteiger partial charge in [-0.05, 0) is 68.7 Å². The molecule has 0 unspecified atom stereocenters. The van der Waals surface area contributed by atoms with E-state index in [4.69, 9.17) is 4.74 Å². The average molecular weight is 339 g/mol. The Labute approximate surface area is 150 Å². The van der Waals surface area contributed by atoms with E-state index in [9.17, 15) is 0 Å². The summed E-state index contributed by atoms with van der Waals surface area (Å²) in [6.07, 6.45) is 12.9. The van der Waals surface area contributed by atoms with Crippen molar-refractivity contribution in [3.05, 3.63) is 29.6 Å². The van der Waals surface area contributed by atoms with Crippen LogP contribution in [0, 0.1) is 5.92 Å². The second kappa shape index (κ2) is 6.73. The molecule has 2 saturated heterocycles. The van der Waals surface area contributed by atoms with Crippen molar-refractivity contribution in [3.63, 3.8) is 0 Å². The lowest BCUT2D eigenvalue weighted by Crippen LogP contribution is -2.46. The third kappa shape index (κ3) is 2.89. The molecule has 0 aromatic carbocycles. The number of aromatic nitrogens is 2. The molecule has 3 aliphatic rings. The van der Waals surface area contributed by atoms with Gasteiger partial charge < -0.3 is 9.72 Å². The lowest BCUT2D eigenvalue weighted by molar-refractivity contribution is 0.0533. The van der Waals surface area contributed by atoms with Crippen molar-refractivity contribution in [1.82, 2.24) is 14.9 Å². The lowest BCUT2D eigenvalue weighted by Gasteiger charge is -2.44. The van der Waals surface area contributed by atoms with Gasteiger partial charge in [0.15, 0.2) is 0 Å². The molecule has 1 N–H and O–H groups in total. The molecular weight excluding hydrogens is 310 g/mol. The Morgan fingerprint density at radius 1 is 1.12 bits per heavy atom. The minimum Gasteiger partial charge on any atom is -0.372 e. The zero-order chi connectivity index (χ0) is 16.6. The molecule has 3 fully saturated rings. The van der Waals surface area contributed by atoms with Gasteiger partial charge in [-0.15, -0.1) is 0 Å². The van der Waals surface area contributed by atoms with E-state index in [0.29, 0.717) is 0 Å². The van der Waals surface area contributed by atoms with E-state index in [0.717, 1.165) is 37.2 Å². The van der Waals surface area contributed by atoms with Crippen molar-refractivity contribution in [2.75, 3.05) is 13.2 Å². The van der Waals surface area contributed by atoms with Crippen LogP contribution in [0.3, 0.4) is 0 Å². The highest BCUT2D eigenvalue weighted by Gasteiger charge is 2.34. The van der Waals surface area contributed by atoms with Crippen molar-refractivity contribution < 1.29 is 4.74 Å². The smallest absolute Gasteiger partial charge is 0.137 e. The average Bonchev–Trinajstić information content (AvgIpc) is 3.30. The summed E-state index contributed by atoms with van der Waals surface area (Å²) in [5.41, 5.74) is 3.77. The molecule has 0 spiro atoms. The van der Waals surface area contributed by atoms with Gasteiger partial charge in [0.25, 0.3) is 0 Å². The van der Waals surface area contributed by atoms with Gasteiger partial charge >= 0.3 is 0 Å². The molecule has 4 nitrogen and oxygen atoms in total. The third-order valence-corrected chi connectivity index (χ3v) is 6.68. The SMILES string of the molecule is c1cnc2[nH]c([C@H]3CCCO3)c(CN3CCC[C@@H]4CCCC[C@@H]43)c2c1. The van der Waals surface area contributed by atoms with E-state index < -0.39 is 0 Å². The van der Waals surface area contributed by atoms with Crippen LogP contribution in [0.1, 0.15) is 68.7 Å². The highest BCUT2D eigenvalue weighted by Crippen LogP contribution is 2.39. The van der Waals surface area contributed by atoms with Crippen molar-refractivity contribution >= 4 is 11.0 Å². The van der Waals surface area contributed by atoms with E-state index in [2.05, 4.69) is 27.0 Å². The number of H-pyrrole nitrogens is 1. The number of nitrogens with one attached hydrogen (secondary N) is 1. The first-order valence-electron chi connectivity index (χ1n) is 10.2. The maximum atomic E-state index is 6.03. The Balaban J connectivity index is 1.49. The van der Waals surface area contributed by atoms with Gasteiger partial charge in [0, 0.05) is 30.8 Å². The summed E-state index contributed by atoms with van der Waals surface area (Å²) in [4.78, 5) is 11.0. The fourth-order valence-electron chi connectivity index (χ4n) is 5.47. The molecule has 2 aromatic rings. The summed E-state index contributed by atoms with van der Waals surface area (Å²) in [6, 6.07) is 5.09. The zero-order valence-corrected chi connectivity index (χ0v) is 15.0. The van der Waals surface area contributed by atoms with Crippen molar-refractivity contribution in [2.24, 2.45) is 5.92 Å². The van der Waals surface area contributed by atoms with Crippen molar-refractivity contribution in [3.8, 4) is 0 Å². The Morgan fingerprint density at radius 3 is 2.96 bits per heavy atom. The summed E-state index contributed by atoms with van der Waals surface area (Å²) in [6.45, 7) is 3.20. The van der Waals surface area contributed by atoms with Crippen LogP contribution in [0.5, 0.6) is 0 Å². The summed E-state index contributed by atoms with van der Waals surface area (Å²) in [5.74, 6) is 0.928. The highest BCUT2D eigenvalue weighted by atomic mass is 16.5. The standard InChI is InChI=1S/C21H29N3O/c1-2-9-18-15(6-1)7-4-12-24(18)14-17-16-8-3-11-22-21(16)23-20(17)19-10-5-13-25-19/h3,8,11,15,18-19H,1-2,4-7,9-10,12-14H2,(H,22,23)/t15-,18-,19+/m0/s1. The molecule has 2 aliphatic heterocycles. The van der Waals surface area contributed by atoms with Crippen LogP contribution in [0.15, 0.2) is 18.3 Å². The summed E-state index contributed by atoms with van der Waals surface area (Å²) in [5, 5.41) is 1.30. The second-order valence-electron chi connectivity index (χ2n) is 8.14. The first kappa shape index (κ1) is 15.8. The van der Waals surface area contributed by atoms with E-state index >= 15 is 0 Å². The number of piperidine rings is 1. The third-order valence-electron chi connectivity index (χ3n) is 6.68. The largest absolute Gasteiger partial charge is 0.372 e. The number of likely N-dealkylation sites (tertiary alicyclic amines) is 1. The van der Waals surface area contributed by atoms with E-state index in [-0.39, 0.29) is 6.10 Å². The number of fused-ring (bicyclic) bond motifs is 2. The Bertz CT molecular complexity index is 732. The van der Waals surface area contributed by atoms with Crippen LogP contribution in [-0.2, 0) is 11.3 Å². The quantitative estimate of drug-likeness (QED) is 0.890. The summed E-state index contributed by atoms with van der Waals surface area (Å²) >= 11 is 0. The highest BCUT2D eigenvalue weighted by molar-refractivity contribution is 5.81. The van der Waals surface area contributed by atoms with Crippen LogP contribution >= 0.6 is 0 Å². The van der Waals surface area contributed by atoms with Crippen molar-refractivity contribution in [1.29, 1.82) is 0 Å². The fraction of sp³-hybridized carbons (Fsp3) is 0.667. The number of rotatable bonds is 3. The maximum Gasteiger partial charge on any atom is 0.137 e. The molecule has 1 aliphatic carbocycles. The van der Waals surface area contributed by atoms with E-state index in [1.165, 1.54) is 68.1 Å². The van der Waals surface area contributed by atoms with Crippen LogP contribution in [-0.4, -0.2) is 34.1 Å². The molecule has 0 radical (unpaired) electrons. The molecule has 0 bridgehead atoms. The molecular formula is C21H29N3O. The van der Waals surface area contributed by atoms with Crippen LogP contribution in [0.2, 0.25) is 0 Å². The van der Waals surface area contributed by atoms with E-state index in [1.807, 2.05) is 6.20 Å². The van der Waals surface area contributed by atoms with Gasteiger partial charge in [0.1, 0.15) is 5.65 Å². The van der Waals surface area contributed by atoms with Gasteiger partial charge in [-0.25, -0.2) is 4.98 Å². The minimum absolute atomic E-state index is 0.233. The number of aromatic amines is 1. The zero-order valence-electron chi connectivity index (χ0n) is 15.0. The number of nitrogens with zero attached hydrogens (tertiary/aromatic N) is 2. The first-order valence-corrected chi connectivity index (χ1v) is 10.2. The van der Waals surface area contributed by atoms with Gasteiger partial charge in [0.2, 0.25) is 0 Å². The minimum atomic E-state index is 0.233. The van der Waals surface area contributed by atoms with Gasteiger partial charge in [0.05, 0.1) is 11.8 Å². The van der Waals surface area contributed by atoms with Crippen LogP contribution < -0.4 is 0 Å². The predicted octanol–water partition coefficient (Wildman–Crippen LogP) is 4.57. The Kier molecular flexibility index (Phi) is 4.26. The monoisotopic (exact) mass is 339 g/mol. The number of pyridine rings is 1. The lowest BCUT2D eigenvalue weighted by atomic mass is 9.78. The Hall–Kier alpha value is -1.39. The van der Waals surface area contributed by atoms with Crippen LogP contribution in [0.25, 0.3) is 11.0 Å². The molecule has 1 saturated carbocycles. The number of ether oxygens (including phenoxy) is 1. The second-order valence-corrected chi connectivity index (χ2v) is 8.14. The molecule has 134 valence electrons. The Morgan fingerprint density at radius 2 is 2.04 bits per heavy atom. The molecule has 4 heteroatoms. The summed E-state index contributed by atoms with van der Waals surface area (Å²) in [7, 11) is 0. The molecule has 4 heterocycles. The van der Waals surface area contributed by atoms with Gasteiger partial charge in [-0.2, -0.15) is 0 Å². The maximum absolute atomic E-state index is 6.03. The van der Waals surface area contributed by atoms with E-state index in [1.54, 1.807) is 0 Å². The van der Waals surface area contributed by atoms with Crippen molar-refractivity contribution in [2.45, 2.75) is 70.1 Å². The van der Waals surface area contributed by atoms with Crippen LogP contribution in [0.4, 0.5) is 0 Å². The first-order chi connectivity index (χ1) is 12.4. The normalized spacial score (nSPS) is 30.6. The summed E-state index contributed by atoms with van der Waals surface area (Å²) < 4.78 is 6.03. The number of hydrogen-bond acceptors (Lipinski definition) is 3. The molecule has 2 aromatic heterocycles. The topological polar surface area (TPSA) is 41.1 Å². The van der Waals surface area contributed by atoms with Gasteiger partial charge in [-0.1, -0.05) is 12.8 Å².